The van der Waals surface area contributed by atoms with Crippen LogP contribution in [0.2, 0.25) is 5.02 Å². The third kappa shape index (κ3) is 2.38. The number of fused-ring (bicyclic) bond motifs is 2. The van der Waals surface area contributed by atoms with E-state index < -0.39 is 5.41 Å². The van der Waals surface area contributed by atoms with Gasteiger partial charge in [-0.1, -0.05) is 11.6 Å². The molecule has 1 atom stereocenters. The topological polar surface area (TPSA) is 49.9 Å². The molecule has 1 fully saturated rings. The summed E-state index contributed by atoms with van der Waals surface area (Å²) in [6, 6.07) is 12.5. The lowest BCUT2D eigenvalue weighted by Gasteiger charge is -2.23. The van der Waals surface area contributed by atoms with Crippen molar-refractivity contribution in [2.24, 2.45) is 0 Å². The van der Waals surface area contributed by atoms with Gasteiger partial charge in [-0.15, -0.1) is 0 Å². The van der Waals surface area contributed by atoms with E-state index in [-0.39, 0.29) is 11.8 Å². The van der Waals surface area contributed by atoms with Gasteiger partial charge in [0.25, 0.3) is 5.91 Å². The van der Waals surface area contributed by atoms with Gasteiger partial charge in [0.15, 0.2) is 0 Å². The Kier molecular flexibility index (Phi) is 3.92. The molecule has 1 saturated heterocycles. The molecule has 5 nitrogen and oxygen atoms in total. The first-order valence-electron chi connectivity index (χ1n) is 8.48. The van der Waals surface area contributed by atoms with Gasteiger partial charge in [0, 0.05) is 36.4 Å². The Morgan fingerprint density at radius 2 is 1.92 bits per heavy atom. The summed E-state index contributed by atoms with van der Waals surface area (Å²) in [6.07, 6.45) is 0.607. The molecule has 0 radical (unpaired) electrons. The van der Waals surface area contributed by atoms with Gasteiger partial charge in [-0.3, -0.25) is 9.59 Å². The number of nitrogens with zero attached hydrogens (tertiary/aromatic N) is 2. The highest BCUT2D eigenvalue weighted by Gasteiger charge is 2.54. The summed E-state index contributed by atoms with van der Waals surface area (Å²) in [4.78, 5) is 29.4. The summed E-state index contributed by atoms with van der Waals surface area (Å²) < 4.78 is 5.34. The van der Waals surface area contributed by atoms with Gasteiger partial charge in [-0.05, 0) is 54.4 Å². The van der Waals surface area contributed by atoms with Crippen LogP contribution in [-0.2, 0) is 10.2 Å². The Hall–Kier alpha value is -2.53. The lowest BCUT2D eigenvalue weighted by atomic mass is 9.81. The normalized spacial score (nSPS) is 21.4. The molecule has 0 bridgehead atoms. The maximum absolute atomic E-state index is 13.1. The summed E-state index contributed by atoms with van der Waals surface area (Å²) in [5, 5.41) is 0.591. The first kappa shape index (κ1) is 16.9. The fourth-order valence-electron chi connectivity index (χ4n) is 4.02. The minimum Gasteiger partial charge on any atom is -0.497 e. The molecule has 6 heteroatoms. The third-order valence-corrected chi connectivity index (χ3v) is 5.69. The fraction of sp³-hybridized carbons (Fsp3) is 0.300. The molecule has 2 aliphatic rings. The minimum atomic E-state index is -0.694. The Balaban J connectivity index is 1.68. The van der Waals surface area contributed by atoms with Crippen LogP contribution in [-0.4, -0.2) is 44.0 Å². The van der Waals surface area contributed by atoms with Crippen LogP contribution in [0, 0.1) is 0 Å². The van der Waals surface area contributed by atoms with Crippen LogP contribution in [0.25, 0.3) is 0 Å². The monoisotopic (exact) mass is 370 g/mol. The van der Waals surface area contributed by atoms with E-state index in [2.05, 4.69) is 0 Å². The average Bonchev–Trinajstić information content (AvgIpc) is 3.19. The molecule has 1 spiro atoms. The molecule has 2 amide bonds. The smallest absolute Gasteiger partial charge is 0.253 e. The van der Waals surface area contributed by atoms with Crippen LogP contribution in [0.3, 0.4) is 0 Å². The van der Waals surface area contributed by atoms with E-state index in [1.165, 1.54) is 0 Å². The van der Waals surface area contributed by atoms with E-state index in [1.54, 1.807) is 48.2 Å². The van der Waals surface area contributed by atoms with Crippen molar-refractivity contribution < 1.29 is 14.3 Å². The first-order chi connectivity index (χ1) is 12.5. The van der Waals surface area contributed by atoms with Gasteiger partial charge in [-0.25, -0.2) is 0 Å². The molecule has 0 unspecified atom stereocenters. The molecular weight excluding hydrogens is 352 g/mol. The third-order valence-electron chi connectivity index (χ3n) is 5.44. The second kappa shape index (κ2) is 6.02. The fourth-order valence-corrected chi connectivity index (χ4v) is 4.14. The molecule has 26 heavy (non-hydrogen) atoms. The Morgan fingerprint density at radius 3 is 2.62 bits per heavy atom. The zero-order chi connectivity index (χ0) is 18.5. The molecule has 2 aliphatic heterocycles. The first-order valence-corrected chi connectivity index (χ1v) is 8.85. The van der Waals surface area contributed by atoms with Crippen molar-refractivity contribution in [3.63, 3.8) is 0 Å². The van der Waals surface area contributed by atoms with Gasteiger partial charge in [-0.2, -0.15) is 0 Å². The number of carbonyl (C=O) groups excluding carboxylic acids is 2. The lowest BCUT2D eigenvalue weighted by molar-refractivity contribution is -0.122. The summed E-state index contributed by atoms with van der Waals surface area (Å²) in [5.41, 5.74) is 1.71. The molecule has 2 aromatic rings. The number of amides is 2. The highest BCUT2D eigenvalue weighted by Crippen LogP contribution is 2.48. The summed E-state index contributed by atoms with van der Waals surface area (Å²) >= 11 is 5.91. The number of anilines is 1. The number of hydrogen-bond acceptors (Lipinski definition) is 3. The van der Waals surface area contributed by atoms with Crippen molar-refractivity contribution in [1.29, 1.82) is 0 Å². The molecule has 0 aromatic heterocycles. The largest absolute Gasteiger partial charge is 0.497 e. The standard InChI is InChI=1S/C20H19ClN2O3/c1-22-17-8-7-15(26-2)11-16(17)20(19(22)25)9-10-23(12-20)18(24)13-3-5-14(21)6-4-13/h3-8,11H,9-10,12H2,1-2H3/t20-/m0/s1. The van der Waals surface area contributed by atoms with Crippen molar-refractivity contribution in [2.45, 2.75) is 11.8 Å². The molecule has 4 rings (SSSR count). The Bertz CT molecular complexity index is 896. The number of likely N-dealkylation sites (N-methyl/N-ethyl adjacent to an activating group) is 1. The predicted octanol–water partition coefficient (Wildman–Crippen LogP) is 3.11. The number of hydrogen-bond donors (Lipinski definition) is 0. The number of likely N-dealkylation sites (tertiary alicyclic amines) is 1. The van der Waals surface area contributed by atoms with Crippen molar-refractivity contribution in [3.05, 3.63) is 58.6 Å². The highest BCUT2D eigenvalue weighted by molar-refractivity contribution is 6.30. The van der Waals surface area contributed by atoms with Gasteiger partial charge in [0.05, 0.1) is 12.5 Å². The number of rotatable bonds is 2. The second-order valence-electron chi connectivity index (χ2n) is 6.81. The molecule has 2 aromatic carbocycles. The van der Waals surface area contributed by atoms with Crippen LogP contribution < -0.4 is 9.64 Å². The second-order valence-corrected chi connectivity index (χ2v) is 7.25. The van der Waals surface area contributed by atoms with E-state index in [0.717, 1.165) is 11.3 Å². The van der Waals surface area contributed by atoms with Crippen LogP contribution in [0.5, 0.6) is 5.75 Å². The minimum absolute atomic E-state index is 0.0344. The quantitative estimate of drug-likeness (QED) is 0.816. The molecule has 2 heterocycles. The van der Waals surface area contributed by atoms with Crippen LogP contribution >= 0.6 is 11.6 Å². The van der Waals surface area contributed by atoms with E-state index in [1.807, 2.05) is 18.2 Å². The van der Waals surface area contributed by atoms with E-state index >= 15 is 0 Å². The summed E-state index contributed by atoms with van der Waals surface area (Å²) in [6.45, 7) is 0.912. The number of ether oxygens (including phenoxy) is 1. The predicted molar refractivity (Wildman–Crippen MR) is 100 cm³/mol. The maximum Gasteiger partial charge on any atom is 0.253 e. The number of methoxy groups -OCH3 is 1. The van der Waals surface area contributed by atoms with Gasteiger partial charge in [0.1, 0.15) is 5.75 Å². The van der Waals surface area contributed by atoms with E-state index in [4.69, 9.17) is 16.3 Å². The summed E-state index contributed by atoms with van der Waals surface area (Å²) in [5.74, 6) is 0.672. The van der Waals surface area contributed by atoms with Crippen molar-refractivity contribution in [2.75, 3.05) is 32.1 Å². The zero-order valence-electron chi connectivity index (χ0n) is 14.7. The van der Waals surface area contributed by atoms with Crippen molar-refractivity contribution in [1.82, 2.24) is 4.90 Å². The van der Waals surface area contributed by atoms with Crippen molar-refractivity contribution >= 4 is 29.1 Å². The van der Waals surface area contributed by atoms with E-state index in [9.17, 15) is 9.59 Å². The molecule has 0 aliphatic carbocycles. The maximum atomic E-state index is 13.1. The molecule has 134 valence electrons. The molecule has 0 saturated carbocycles. The summed E-state index contributed by atoms with van der Waals surface area (Å²) in [7, 11) is 3.39. The Morgan fingerprint density at radius 1 is 1.19 bits per heavy atom. The van der Waals surface area contributed by atoms with Crippen LogP contribution in [0.1, 0.15) is 22.3 Å². The average molecular weight is 371 g/mol. The van der Waals surface area contributed by atoms with Gasteiger partial charge < -0.3 is 14.5 Å². The SMILES string of the molecule is COc1ccc2c(c1)[C@@]1(CCN(C(=O)c3ccc(Cl)cc3)C1)C(=O)N2C. The lowest BCUT2D eigenvalue weighted by Crippen LogP contribution is -2.42. The van der Waals surface area contributed by atoms with Crippen LogP contribution in [0.4, 0.5) is 5.69 Å². The van der Waals surface area contributed by atoms with E-state index in [0.29, 0.717) is 35.8 Å². The van der Waals surface area contributed by atoms with Gasteiger partial charge in [0.2, 0.25) is 5.91 Å². The van der Waals surface area contributed by atoms with Gasteiger partial charge >= 0.3 is 0 Å². The number of benzene rings is 2. The van der Waals surface area contributed by atoms with Crippen LogP contribution in [0.15, 0.2) is 42.5 Å². The molecular formula is C20H19ClN2O3. The van der Waals surface area contributed by atoms with Crippen molar-refractivity contribution in [3.8, 4) is 5.75 Å². The Labute approximate surface area is 157 Å². The number of halogens is 1. The highest BCUT2D eigenvalue weighted by atomic mass is 35.5. The number of carbonyl (C=O) groups is 2. The zero-order valence-corrected chi connectivity index (χ0v) is 15.4. The molecule has 0 N–H and O–H groups in total.